The number of likely N-dealkylation sites (tertiary alicyclic amines) is 1. The smallest absolute Gasteiger partial charge is 0.343 e. The quantitative estimate of drug-likeness (QED) is 0.824. The van der Waals surface area contributed by atoms with E-state index < -0.39 is 12.1 Å². The topological polar surface area (TPSA) is 58.1 Å². The Kier molecular flexibility index (Phi) is 5.44. The Labute approximate surface area is 166 Å². The highest BCUT2D eigenvalue weighted by atomic mass is 19.4. The van der Waals surface area contributed by atoms with E-state index in [0.717, 1.165) is 11.0 Å². The van der Waals surface area contributed by atoms with Crippen molar-refractivity contribution in [3.05, 3.63) is 34.7 Å². The summed E-state index contributed by atoms with van der Waals surface area (Å²) in [4.78, 5) is 29.7. The lowest BCUT2D eigenvalue weighted by atomic mass is 9.80. The maximum Gasteiger partial charge on any atom is 0.391 e. The molecule has 8 heteroatoms. The molecule has 1 amide bonds. The molecule has 0 bridgehead atoms. The van der Waals surface area contributed by atoms with Crippen LogP contribution in [0.2, 0.25) is 0 Å². The summed E-state index contributed by atoms with van der Waals surface area (Å²) in [5, 5.41) is 0. The van der Waals surface area contributed by atoms with Crippen molar-refractivity contribution in [3.63, 3.8) is 0 Å². The molecule has 4 rings (SSSR count). The number of fused-ring (bicyclic) bond motifs is 1. The number of aromatic nitrogens is 2. The van der Waals surface area contributed by atoms with Crippen LogP contribution in [0.5, 0.6) is 0 Å². The molecule has 2 heterocycles. The number of hydrogen-bond donors (Lipinski definition) is 1. The van der Waals surface area contributed by atoms with Crippen LogP contribution in [0, 0.1) is 11.8 Å². The zero-order chi connectivity index (χ0) is 20.6. The summed E-state index contributed by atoms with van der Waals surface area (Å²) in [6, 6.07) is 7.62. The number of para-hydroxylation sites is 2. The predicted octanol–water partition coefficient (Wildman–Crippen LogP) is 4.25. The van der Waals surface area contributed by atoms with Gasteiger partial charge in [0.05, 0.1) is 17.0 Å². The molecule has 1 aromatic heterocycles. The number of rotatable bonds is 3. The molecule has 0 atom stereocenters. The highest BCUT2D eigenvalue weighted by Gasteiger charge is 2.41. The first kappa shape index (κ1) is 20.0. The van der Waals surface area contributed by atoms with Crippen LogP contribution >= 0.6 is 0 Å². The fourth-order valence-electron chi connectivity index (χ4n) is 4.88. The summed E-state index contributed by atoms with van der Waals surface area (Å²) >= 11 is 0. The minimum atomic E-state index is -4.11. The average molecular weight is 409 g/mol. The molecule has 1 saturated heterocycles. The van der Waals surface area contributed by atoms with Gasteiger partial charge in [-0.05, 0) is 56.6 Å². The number of alkyl halides is 3. The minimum Gasteiger partial charge on any atom is -0.343 e. The molecule has 1 aliphatic carbocycles. The number of H-pyrrole nitrogens is 1. The van der Waals surface area contributed by atoms with Crippen molar-refractivity contribution in [2.75, 3.05) is 13.1 Å². The summed E-state index contributed by atoms with van der Waals surface area (Å²) in [7, 11) is 0. The Bertz CT molecular complexity index is 917. The van der Waals surface area contributed by atoms with E-state index in [9.17, 15) is 22.8 Å². The van der Waals surface area contributed by atoms with Gasteiger partial charge < -0.3 is 9.88 Å². The molecule has 29 heavy (non-hydrogen) atoms. The lowest BCUT2D eigenvalue weighted by Gasteiger charge is -2.35. The minimum absolute atomic E-state index is 0.0326. The third-order valence-corrected chi connectivity index (χ3v) is 6.58. The van der Waals surface area contributed by atoms with Gasteiger partial charge in [-0.2, -0.15) is 13.2 Å². The second-order valence-electron chi connectivity index (χ2n) is 8.39. The number of aromatic amines is 1. The number of nitrogens with one attached hydrogen (secondary N) is 1. The molecule has 0 unspecified atom stereocenters. The van der Waals surface area contributed by atoms with E-state index >= 15 is 0 Å². The Morgan fingerprint density at radius 3 is 2.34 bits per heavy atom. The van der Waals surface area contributed by atoms with E-state index in [1.165, 1.54) is 0 Å². The molecule has 1 saturated carbocycles. The molecule has 1 aliphatic heterocycles. The fraction of sp³-hybridized carbons (Fsp3) is 0.619. The fourth-order valence-corrected chi connectivity index (χ4v) is 4.88. The highest BCUT2D eigenvalue weighted by Crippen LogP contribution is 2.40. The number of amides is 1. The van der Waals surface area contributed by atoms with Crippen LogP contribution in [0.3, 0.4) is 0 Å². The van der Waals surface area contributed by atoms with Crippen molar-refractivity contribution in [2.45, 2.75) is 57.2 Å². The maximum absolute atomic E-state index is 12.8. The maximum atomic E-state index is 12.8. The monoisotopic (exact) mass is 409 g/mol. The van der Waals surface area contributed by atoms with Crippen molar-refractivity contribution in [1.82, 2.24) is 14.5 Å². The Hall–Kier alpha value is -2.25. The normalized spacial score (nSPS) is 24.2. The van der Waals surface area contributed by atoms with E-state index in [0.29, 0.717) is 45.2 Å². The average Bonchev–Trinajstić information content (AvgIpc) is 3.03. The second kappa shape index (κ2) is 7.88. The molecule has 0 spiro atoms. The van der Waals surface area contributed by atoms with Crippen LogP contribution in [0.25, 0.3) is 11.0 Å². The van der Waals surface area contributed by atoms with Crippen LogP contribution < -0.4 is 5.69 Å². The summed E-state index contributed by atoms with van der Waals surface area (Å²) in [6.45, 7) is 1.15. The first-order valence-electron chi connectivity index (χ1n) is 10.4. The zero-order valence-corrected chi connectivity index (χ0v) is 16.3. The van der Waals surface area contributed by atoms with Crippen LogP contribution in [-0.2, 0) is 4.79 Å². The van der Waals surface area contributed by atoms with Crippen molar-refractivity contribution in [2.24, 2.45) is 11.8 Å². The predicted molar refractivity (Wildman–Crippen MR) is 104 cm³/mol. The molecular weight excluding hydrogens is 383 g/mol. The molecule has 2 aliphatic rings. The van der Waals surface area contributed by atoms with Gasteiger partial charge in [0.2, 0.25) is 5.91 Å². The molecule has 5 nitrogen and oxygen atoms in total. The Balaban J connectivity index is 1.31. The van der Waals surface area contributed by atoms with Crippen molar-refractivity contribution in [3.8, 4) is 0 Å². The van der Waals surface area contributed by atoms with Crippen molar-refractivity contribution >= 4 is 16.9 Å². The molecule has 0 radical (unpaired) electrons. The number of nitrogens with zero attached hydrogens (tertiary/aromatic N) is 2. The standard InChI is InChI=1S/C21H26F3N3O2/c22-21(23,24)15-7-5-14(6-8-15)13-19(28)26-11-9-16(10-12-26)27-18-4-2-1-3-17(18)25-20(27)29/h1-4,14-16H,5-13H2,(H,25,29). The second-order valence-corrected chi connectivity index (χ2v) is 8.39. The number of carbonyl (C=O) groups is 1. The van der Waals surface area contributed by atoms with Crippen LogP contribution in [0.1, 0.15) is 51.0 Å². The van der Waals surface area contributed by atoms with E-state index in [4.69, 9.17) is 0 Å². The van der Waals surface area contributed by atoms with E-state index in [1.54, 1.807) is 4.57 Å². The molecule has 2 aromatic rings. The lowest BCUT2D eigenvalue weighted by molar-refractivity contribution is -0.184. The van der Waals surface area contributed by atoms with Crippen LogP contribution in [-0.4, -0.2) is 39.6 Å². The SMILES string of the molecule is O=C(CC1CCC(C(F)(F)F)CC1)N1CCC(n2c(=O)[nH]c3ccccc32)CC1. The molecule has 1 aromatic carbocycles. The van der Waals surface area contributed by atoms with E-state index in [2.05, 4.69) is 4.98 Å². The lowest BCUT2D eigenvalue weighted by Crippen LogP contribution is -2.41. The van der Waals surface area contributed by atoms with Gasteiger partial charge in [0, 0.05) is 25.6 Å². The van der Waals surface area contributed by atoms with Gasteiger partial charge in [0.15, 0.2) is 0 Å². The van der Waals surface area contributed by atoms with E-state index in [1.807, 2.05) is 29.2 Å². The Morgan fingerprint density at radius 1 is 1.03 bits per heavy atom. The summed E-state index contributed by atoms with van der Waals surface area (Å²) in [5.74, 6) is -1.13. The molecule has 158 valence electrons. The molecule has 1 N–H and O–H groups in total. The van der Waals surface area contributed by atoms with E-state index in [-0.39, 0.29) is 36.4 Å². The number of piperidine rings is 1. The number of imidazole rings is 1. The van der Waals surface area contributed by atoms with Crippen molar-refractivity contribution in [1.29, 1.82) is 0 Å². The van der Waals surface area contributed by atoms with Crippen molar-refractivity contribution < 1.29 is 18.0 Å². The summed E-state index contributed by atoms with van der Waals surface area (Å²) in [5.41, 5.74) is 1.56. The third-order valence-electron chi connectivity index (χ3n) is 6.58. The summed E-state index contributed by atoms with van der Waals surface area (Å²) < 4.78 is 40.2. The zero-order valence-electron chi connectivity index (χ0n) is 16.3. The number of halogens is 3. The van der Waals surface area contributed by atoms with Crippen LogP contribution in [0.15, 0.2) is 29.1 Å². The van der Waals surface area contributed by atoms with Gasteiger partial charge in [-0.15, -0.1) is 0 Å². The molecule has 2 fully saturated rings. The number of benzene rings is 1. The molecular formula is C21H26F3N3O2. The van der Waals surface area contributed by atoms with Crippen LogP contribution in [0.4, 0.5) is 13.2 Å². The van der Waals surface area contributed by atoms with Gasteiger partial charge in [-0.25, -0.2) is 4.79 Å². The first-order chi connectivity index (χ1) is 13.8. The largest absolute Gasteiger partial charge is 0.391 e. The van der Waals surface area contributed by atoms with Gasteiger partial charge in [-0.3, -0.25) is 9.36 Å². The van der Waals surface area contributed by atoms with Gasteiger partial charge in [-0.1, -0.05) is 12.1 Å². The van der Waals surface area contributed by atoms with Gasteiger partial charge >= 0.3 is 11.9 Å². The summed E-state index contributed by atoms with van der Waals surface area (Å²) in [6.07, 6.45) is -1.17. The first-order valence-corrected chi connectivity index (χ1v) is 10.4. The number of carbonyl (C=O) groups excluding carboxylic acids is 1. The van der Waals surface area contributed by atoms with Gasteiger partial charge in [0.25, 0.3) is 0 Å². The Morgan fingerprint density at radius 2 is 1.69 bits per heavy atom. The highest BCUT2D eigenvalue weighted by molar-refractivity contribution is 5.77. The van der Waals surface area contributed by atoms with Gasteiger partial charge in [0.1, 0.15) is 0 Å². The number of hydrogen-bond acceptors (Lipinski definition) is 2. The third kappa shape index (κ3) is 4.21.